The lowest BCUT2D eigenvalue weighted by Gasteiger charge is -2.03. The molecule has 106 valence electrons. The molecular formula is C18H16O3. The zero-order valence-corrected chi connectivity index (χ0v) is 12.1. The SMILES string of the molecule is Cc1ccc(C)c(C(=O)/C=C/c2ccc3c(c2)OCO3)c1. The summed E-state index contributed by atoms with van der Waals surface area (Å²) in [7, 11) is 0. The van der Waals surface area contributed by atoms with Gasteiger partial charge in [-0.1, -0.05) is 29.8 Å². The van der Waals surface area contributed by atoms with E-state index < -0.39 is 0 Å². The van der Waals surface area contributed by atoms with Gasteiger partial charge >= 0.3 is 0 Å². The van der Waals surface area contributed by atoms with Crippen molar-refractivity contribution in [1.82, 2.24) is 0 Å². The first-order valence-corrected chi connectivity index (χ1v) is 6.83. The van der Waals surface area contributed by atoms with E-state index in [9.17, 15) is 4.79 Å². The van der Waals surface area contributed by atoms with Crippen molar-refractivity contribution in [1.29, 1.82) is 0 Å². The minimum absolute atomic E-state index is 0.00821. The Morgan fingerprint density at radius 1 is 1.05 bits per heavy atom. The van der Waals surface area contributed by atoms with Crippen LogP contribution in [-0.4, -0.2) is 12.6 Å². The molecule has 0 saturated carbocycles. The smallest absolute Gasteiger partial charge is 0.231 e. The third-order valence-electron chi connectivity index (χ3n) is 3.48. The van der Waals surface area contributed by atoms with Gasteiger partial charge in [0.25, 0.3) is 0 Å². The lowest BCUT2D eigenvalue weighted by Crippen LogP contribution is -1.98. The molecule has 1 heterocycles. The Labute approximate surface area is 123 Å². The number of fused-ring (bicyclic) bond motifs is 1. The summed E-state index contributed by atoms with van der Waals surface area (Å²) >= 11 is 0. The molecular weight excluding hydrogens is 264 g/mol. The highest BCUT2D eigenvalue weighted by molar-refractivity contribution is 6.07. The van der Waals surface area contributed by atoms with E-state index in [1.807, 2.05) is 50.2 Å². The lowest BCUT2D eigenvalue weighted by molar-refractivity contribution is 0.104. The fourth-order valence-electron chi connectivity index (χ4n) is 2.28. The Balaban J connectivity index is 1.82. The summed E-state index contributed by atoms with van der Waals surface area (Å²) < 4.78 is 10.6. The van der Waals surface area contributed by atoms with Gasteiger partial charge in [-0.15, -0.1) is 0 Å². The standard InChI is InChI=1S/C18H16O3/c1-12-3-4-13(2)15(9-12)16(19)7-5-14-6-8-17-18(10-14)21-11-20-17/h3-10H,11H2,1-2H3/b7-5+. The molecule has 3 rings (SSSR count). The van der Waals surface area contributed by atoms with Gasteiger partial charge in [0.1, 0.15) is 0 Å². The van der Waals surface area contributed by atoms with Gasteiger partial charge in [0.2, 0.25) is 6.79 Å². The van der Waals surface area contributed by atoms with Crippen molar-refractivity contribution in [2.75, 3.05) is 6.79 Å². The van der Waals surface area contributed by atoms with E-state index in [-0.39, 0.29) is 12.6 Å². The first-order valence-electron chi connectivity index (χ1n) is 6.83. The number of rotatable bonds is 3. The lowest BCUT2D eigenvalue weighted by atomic mass is 10.0. The average molecular weight is 280 g/mol. The molecule has 0 amide bonds. The van der Waals surface area contributed by atoms with Crippen molar-refractivity contribution in [3.05, 3.63) is 64.7 Å². The van der Waals surface area contributed by atoms with E-state index in [4.69, 9.17) is 9.47 Å². The topological polar surface area (TPSA) is 35.5 Å². The quantitative estimate of drug-likeness (QED) is 0.631. The van der Waals surface area contributed by atoms with Gasteiger partial charge in [-0.05, 0) is 49.2 Å². The highest BCUT2D eigenvalue weighted by Gasteiger charge is 2.12. The van der Waals surface area contributed by atoms with Crippen LogP contribution in [0.2, 0.25) is 0 Å². The van der Waals surface area contributed by atoms with Crippen LogP contribution in [0.4, 0.5) is 0 Å². The molecule has 0 radical (unpaired) electrons. The number of aryl methyl sites for hydroxylation is 2. The number of hydrogen-bond donors (Lipinski definition) is 0. The normalized spacial score (nSPS) is 12.9. The first-order chi connectivity index (χ1) is 10.1. The largest absolute Gasteiger partial charge is 0.454 e. The van der Waals surface area contributed by atoms with Gasteiger partial charge in [0.05, 0.1) is 0 Å². The fourth-order valence-corrected chi connectivity index (χ4v) is 2.28. The predicted octanol–water partition coefficient (Wildman–Crippen LogP) is 3.93. The van der Waals surface area contributed by atoms with E-state index in [1.54, 1.807) is 12.2 Å². The van der Waals surface area contributed by atoms with E-state index in [1.165, 1.54) is 0 Å². The van der Waals surface area contributed by atoms with Crippen LogP contribution in [0.1, 0.15) is 27.0 Å². The van der Waals surface area contributed by atoms with Crippen molar-refractivity contribution < 1.29 is 14.3 Å². The molecule has 0 aliphatic carbocycles. The van der Waals surface area contributed by atoms with Crippen LogP contribution in [0.5, 0.6) is 11.5 Å². The summed E-state index contributed by atoms with van der Waals surface area (Å²) in [4.78, 5) is 12.3. The summed E-state index contributed by atoms with van der Waals surface area (Å²) in [5.74, 6) is 1.47. The molecule has 1 aliphatic rings. The summed E-state index contributed by atoms with van der Waals surface area (Å²) in [5.41, 5.74) is 3.73. The van der Waals surface area contributed by atoms with Crippen LogP contribution in [0.3, 0.4) is 0 Å². The molecule has 0 bridgehead atoms. The monoisotopic (exact) mass is 280 g/mol. The second kappa shape index (κ2) is 5.44. The van der Waals surface area contributed by atoms with Crippen molar-refractivity contribution in [3.8, 4) is 11.5 Å². The maximum absolute atomic E-state index is 12.3. The van der Waals surface area contributed by atoms with Crippen LogP contribution in [0, 0.1) is 13.8 Å². The average Bonchev–Trinajstić information content (AvgIpc) is 2.94. The molecule has 2 aromatic carbocycles. The molecule has 0 N–H and O–H groups in total. The molecule has 0 atom stereocenters. The van der Waals surface area contributed by atoms with Crippen molar-refractivity contribution in [2.24, 2.45) is 0 Å². The van der Waals surface area contributed by atoms with E-state index >= 15 is 0 Å². The molecule has 0 unspecified atom stereocenters. The van der Waals surface area contributed by atoms with Crippen LogP contribution in [0.25, 0.3) is 6.08 Å². The van der Waals surface area contributed by atoms with Crippen molar-refractivity contribution >= 4 is 11.9 Å². The van der Waals surface area contributed by atoms with Crippen LogP contribution in [0.15, 0.2) is 42.5 Å². The van der Waals surface area contributed by atoms with Gasteiger partial charge in [-0.25, -0.2) is 0 Å². The van der Waals surface area contributed by atoms with Gasteiger partial charge in [-0.3, -0.25) is 4.79 Å². The summed E-state index contributed by atoms with van der Waals surface area (Å²) in [6.45, 7) is 4.18. The second-order valence-corrected chi connectivity index (χ2v) is 5.13. The van der Waals surface area contributed by atoms with Crippen molar-refractivity contribution in [2.45, 2.75) is 13.8 Å². The van der Waals surface area contributed by atoms with Crippen LogP contribution >= 0.6 is 0 Å². The molecule has 3 heteroatoms. The zero-order chi connectivity index (χ0) is 14.8. The fraction of sp³-hybridized carbons (Fsp3) is 0.167. The highest BCUT2D eigenvalue weighted by Crippen LogP contribution is 2.32. The maximum atomic E-state index is 12.3. The Bertz CT molecular complexity index is 729. The Morgan fingerprint density at radius 2 is 1.86 bits per heavy atom. The number of carbonyl (C=O) groups is 1. The van der Waals surface area contributed by atoms with E-state index in [0.717, 1.165) is 33.8 Å². The molecule has 3 nitrogen and oxygen atoms in total. The Kier molecular flexibility index (Phi) is 3.48. The highest BCUT2D eigenvalue weighted by atomic mass is 16.7. The van der Waals surface area contributed by atoms with E-state index in [0.29, 0.717) is 0 Å². The molecule has 21 heavy (non-hydrogen) atoms. The summed E-state index contributed by atoms with van der Waals surface area (Å²) in [6, 6.07) is 11.5. The minimum Gasteiger partial charge on any atom is -0.454 e. The molecule has 0 saturated heterocycles. The van der Waals surface area contributed by atoms with Gasteiger partial charge in [0.15, 0.2) is 17.3 Å². The summed E-state index contributed by atoms with van der Waals surface area (Å²) in [5, 5.41) is 0. The minimum atomic E-state index is 0.00821. The van der Waals surface area contributed by atoms with Gasteiger partial charge in [-0.2, -0.15) is 0 Å². The number of carbonyl (C=O) groups excluding carboxylic acids is 1. The third-order valence-corrected chi connectivity index (χ3v) is 3.48. The number of benzene rings is 2. The second-order valence-electron chi connectivity index (χ2n) is 5.13. The Morgan fingerprint density at radius 3 is 2.71 bits per heavy atom. The molecule has 0 fully saturated rings. The van der Waals surface area contributed by atoms with Gasteiger partial charge < -0.3 is 9.47 Å². The summed E-state index contributed by atoms with van der Waals surface area (Å²) in [6.07, 6.45) is 3.39. The number of hydrogen-bond acceptors (Lipinski definition) is 3. The number of allylic oxidation sites excluding steroid dienone is 1. The number of ether oxygens (including phenoxy) is 2. The van der Waals surface area contributed by atoms with Gasteiger partial charge in [0, 0.05) is 5.56 Å². The zero-order valence-electron chi connectivity index (χ0n) is 12.1. The van der Waals surface area contributed by atoms with Crippen molar-refractivity contribution in [3.63, 3.8) is 0 Å². The molecule has 0 aromatic heterocycles. The number of ketones is 1. The predicted molar refractivity (Wildman–Crippen MR) is 81.8 cm³/mol. The Hall–Kier alpha value is -2.55. The van der Waals surface area contributed by atoms with Crippen LogP contribution in [-0.2, 0) is 0 Å². The molecule has 2 aromatic rings. The first kappa shape index (κ1) is 13.4. The molecule has 0 spiro atoms. The maximum Gasteiger partial charge on any atom is 0.231 e. The van der Waals surface area contributed by atoms with E-state index in [2.05, 4.69) is 0 Å². The third kappa shape index (κ3) is 2.82. The van der Waals surface area contributed by atoms with Crippen LogP contribution < -0.4 is 9.47 Å². The molecule has 1 aliphatic heterocycles.